The summed E-state index contributed by atoms with van der Waals surface area (Å²) < 4.78 is 2.45. The molecule has 0 aliphatic carbocycles. The zero-order valence-electron chi connectivity index (χ0n) is 8.48. The molecule has 1 heterocycles. The molecule has 1 rings (SSSR count). The number of aromatic nitrogens is 2. The van der Waals surface area contributed by atoms with Crippen LogP contribution in [0.3, 0.4) is 0 Å². The maximum absolute atomic E-state index is 10.9. The molecule has 0 radical (unpaired) electrons. The fraction of sp³-hybridized carbons (Fsp3) is 0.556. The number of nitrogens with zero attached hydrogens (tertiary/aromatic N) is 2. The minimum atomic E-state index is -0.852. The van der Waals surface area contributed by atoms with Gasteiger partial charge in [0.25, 0.3) is 0 Å². The molecule has 15 heavy (non-hydrogen) atoms. The smallest absolute Gasteiger partial charge is 0.322 e. The van der Waals surface area contributed by atoms with Crippen LogP contribution in [0.4, 0.5) is 0 Å². The summed E-state index contributed by atoms with van der Waals surface area (Å²) in [4.78, 5) is 10.9. The Morgan fingerprint density at radius 1 is 1.80 bits per heavy atom. The standard InChI is InChI=1S/C9H14BrN3O2/c1-2-3-11-8(9(14)15)6-13-5-7(10)4-12-13/h4-5,8,11H,2-3,6H2,1H3,(H,14,15). The molecule has 5 nitrogen and oxygen atoms in total. The third kappa shape index (κ3) is 4.01. The summed E-state index contributed by atoms with van der Waals surface area (Å²) >= 11 is 3.26. The van der Waals surface area contributed by atoms with Gasteiger partial charge in [-0.15, -0.1) is 0 Å². The second-order valence-corrected chi connectivity index (χ2v) is 4.14. The lowest BCUT2D eigenvalue weighted by molar-refractivity contribution is -0.139. The van der Waals surface area contributed by atoms with E-state index in [1.54, 1.807) is 17.1 Å². The molecule has 1 atom stereocenters. The molecule has 0 spiro atoms. The molecular formula is C9H14BrN3O2. The van der Waals surface area contributed by atoms with E-state index < -0.39 is 12.0 Å². The number of nitrogens with one attached hydrogen (secondary N) is 1. The highest BCUT2D eigenvalue weighted by atomic mass is 79.9. The van der Waals surface area contributed by atoms with Gasteiger partial charge in [-0.3, -0.25) is 9.48 Å². The van der Waals surface area contributed by atoms with E-state index in [2.05, 4.69) is 26.3 Å². The van der Waals surface area contributed by atoms with Crippen molar-refractivity contribution in [2.24, 2.45) is 0 Å². The van der Waals surface area contributed by atoms with Gasteiger partial charge in [-0.1, -0.05) is 6.92 Å². The first-order valence-corrected chi connectivity index (χ1v) is 5.57. The molecule has 0 aromatic carbocycles. The molecule has 0 amide bonds. The Morgan fingerprint density at radius 3 is 3.00 bits per heavy atom. The van der Waals surface area contributed by atoms with Crippen LogP contribution in [0.5, 0.6) is 0 Å². The zero-order chi connectivity index (χ0) is 11.3. The number of aliphatic carboxylic acids is 1. The average molecular weight is 276 g/mol. The Morgan fingerprint density at radius 2 is 2.53 bits per heavy atom. The van der Waals surface area contributed by atoms with Crippen LogP contribution in [-0.2, 0) is 11.3 Å². The predicted molar refractivity (Wildman–Crippen MR) is 59.6 cm³/mol. The Balaban J connectivity index is 2.54. The van der Waals surface area contributed by atoms with E-state index in [9.17, 15) is 4.79 Å². The van der Waals surface area contributed by atoms with Gasteiger partial charge in [0.05, 0.1) is 17.2 Å². The molecule has 0 aliphatic rings. The van der Waals surface area contributed by atoms with Crippen molar-refractivity contribution in [3.05, 3.63) is 16.9 Å². The van der Waals surface area contributed by atoms with Gasteiger partial charge in [0, 0.05) is 6.20 Å². The number of hydrogen-bond acceptors (Lipinski definition) is 3. The van der Waals surface area contributed by atoms with Crippen molar-refractivity contribution in [3.63, 3.8) is 0 Å². The molecule has 0 aliphatic heterocycles. The summed E-state index contributed by atoms with van der Waals surface area (Å²) in [6, 6.07) is -0.586. The van der Waals surface area contributed by atoms with E-state index in [0.29, 0.717) is 13.1 Å². The van der Waals surface area contributed by atoms with E-state index in [4.69, 9.17) is 5.11 Å². The maximum Gasteiger partial charge on any atom is 0.322 e. The second kappa shape index (κ2) is 5.87. The van der Waals surface area contributed by atoms with Gasteiger partial charge in [0.1, 0.15) is 6.04 Å². The highest BCUT2D eigenvalue weighted by molar-refractivity contribution is 9.10. The van der Waals surface area contributed by atoms with E-state index in [1.165, 1.54) is 0 Å². The number of hydrogen-bond donors (Lipinski definition) is 2. The third-order valence-electron chi connectivity index (χ3n) is 1.91. The van der Waals surface area contributed by atoms with Crippen LogP contribution < -0.4 is 5.32 Å². The van der Waals surface area contributed by atoms with Gasteiger partial charge < -0.3 is 10.4 Å². The van der Waals surface area contributed by atoms with Crippen LogP contribution in [0.15, 0.2) is 16.9 Å². The van der Waals surface area contributed by atoms with Crippen LogP contribution in [0.1, 0.15) is 13.3 Å². The van der Waals surface area contributed by atoms with Crippen LogP contribution >= 0.6 is 15.9 Å². The Hall–Kier alpha value is -0.880. The van der Waals surface area contributed by atoms with Gasteiger partial charge in [-0.2, -0.15) is 5.10 Å². The van der Waals surface area contributed by atoms with Gasteiger partial charge in [0.15, 0.2) is 0 Å². The highest BCUT2D eigenvalue weighted by Crippen LogP contribution is 2.06. The van der Waals surface area contributed by atoms with E-state index >= 15 is 0 Å². The summed E-state index contributed by atoms with van der Waals surface area (Å²) in [5, 5.41) is 15.9. The lowest BCUT2D eigenvalue weighted by Gasteiger charge is -2.13. The molecule has 0 bridgehead atoms. The lowest BCUT2D eigenvalue weighted by Crippen LogP contribution is -2.40. The molecule has 2 N–H and O–H groups in total. The third-order valence-corrected chi connectivity index (χ3v) is 2.32. The van der Waals surface area contributed by atoms with Gasteiger partial charge >= 0.3 is 5.97 Å². The molecule has 0 saturated carbocycles. The van der Waals surface area contributed by atoms with Crippen molar-refractivity contribution in [2.45, 2.75) is 25.9 Å². The van der Waals surface area contributed by atoms with Gasteiger partial charge in [0.2, 0.25) is 0 Å². The molecular weight excluding hydrogens is 262 g/mol. The topological polar surface area (TPSA) is 67.2 Å². The molecule has 6 heteroatoms. The molecule has 1 aromatic rings. The second-order valence-electron chi connectivity index (χ2n) is 3.23. The van der Waals surface area contributed by atoms with Crippen LogP contribution in [0.2, 0.25) is 0 Å². The largest absolute Gasteiger partial charge is 0.480 e. The van der Waals surface area contributed by atoms with E-state index in [0.717, 1.165) is 10.9 Å². The summed E-state index contributed by atoms with van der Waals surface area (Å²) in [5.41, 5.74) is 0. The van der Waals surface area contributed by atoms with Crippen molar-refractivity contribution in [2.75, 3.05) is 6.54 Å². The Labute approximate surface area is 96.6 Å². The normalized spacial score (nSPS) is 12.7. The molecule has 0 fully saturated rings. The number of carbonyl (C=O) groups is 1. The van der Waals surface area contributed by atoms with Crippen molar-refractivity contribution in [3.8, 4) is 0 Å². The van der Waals surface area contributed by atoms with Crippen molar-refractivity contribution >= 4 is 21.9 Å². The summed E-state index contributed by atoms with van der Waals surface area (Å²) in [6.07, 6.45) is 4.30. The molecule has 1 unspecified atom stereocenters. The van der Waals surface area contributed by atoms with Crippen molar-refractivity contribution in [1.29, 1.82) is 0 Å². The average Bonchev–Trinajstić information content (AvgIpc) is 2.58. The number of carboxylic acids is 1. The molecule has 84 valence electrons. The summed E-state index contributed by atoms with van der Waals surface area (Å²) in [5.74, 6) is -0.852. The van der Waals surface area contributed by atoms with Crippen molar-refractivity contribution < 1.29 is 9.90 Å². The first kappa shape index (κ1) is 12.2. The highest BCUT2D eigenvalue weighted by Gasteiger charge is 2.16. The van der Waals surface area contributed by atoms with Crippen LogP contribution in [0, 0.1) is 0 Å². The fourth-order valence-corrected chi connectivity index (χ4v) is 1.50. The fourth-order valence-electron chi connectivity index (χ4n) is 1.17. The Kier molecular flexibility index (Phi) is 4.77. The van der Waals surface area contributed by atoms with Crippen LogP contribution in [0.25, 0.3) is 0 Å². The first-order chi connectivity index (χ1) is 7.13. The molecule has 1 aromatic heterocycles. The first-order valence-electron chi connectivity index (χ1n) is 4.77. The number of halogens is 1. The monoisotopic (exact) mass is 275 g/mol. The molecule has 0 saturated heterocycles. The van der Waals surface area contributed by atoms with Gasteiger partial charge in [-0.25, -0.2) is 0 Å². The van der Waals surface area contributed by atoms with E-state index in [1.807, 2.05) is 6.92 Å². The predicted octanol–water partition coefficient (Wildman–Crippen LogP) is 1.10. The Bertz CT molecular complexity index is 327. The number of rotatable bonds is 6. The number of carboxylic acid groups (broad SMARTS) is 1. The summed E-state index contributed by atoms with van der Waals surface area (Å²) in [6.45, 7) is 3.02. The van der Waals surface area contributed by atoms with Crippen LogP contribution in [-0.4, -0.2) is 33.4 Å². The summed E-state index contributed by atoms with van der Waals surface area (Å²) in [7, 11) is 0. The minimum Gasteiger partial charge on any atom is -0.480 e. The zero-order valence-corrected chi connectivity index (χ0v) is 10.1. The van der Waals surface area contributed by atoms with Gasteiger partial charge in [-0.05, 0) is 28.9 Å². The maximum atomic E-state index is 10.9. The SMILES string of the molecule is CCCNC(Cn1cc(Br)cn1)C(=O)O. The quantitative estimate of drug-likeness (QED) is 0.816. The minimum absolute atomic E-state index is 0.334. The lowest BCUT2D eigenvalue weighted by atomic mass is 10.3. The van der Waals surface area contributed by atoms with Crippen molar-refractivity contribution in [1.82, 2.24) is 15.1 Å². The van der Waals surface area contributed by atoms with E-state index in [-0.39, 0.29) is 0 Å².